The Kier molecular flexibility index (Phi) is 6.84. The lowest BCUT2D eigenvalue weighted by Crippen LogP contribution is -2.37. The van der Waals surface area contributed by atoms with Crippen molar-refractivity contribution in [2.45, 2.75) is 50.9 Å². The molecule has 0 amide bonds. The second-order valence-corrected chi connectivity index (χ2v) is 8.48. The van der Waals surface area contributed by atoms with Crippen LogP contribution in [-0.4, -0.2) is 34.8 Å². The van der Waals surface area contributed by atoms with E-state index in [9.17, 15) is 27.5 Å². The lowest BCUT2D eigenvalue weighted by molar-refractivity contribution is -0.141. The van der Waals surface area contributed by atoms with Gasteiger partial charge in [-0.25, -0.2) is 9.18 Å². The van der Waals surface area contributed by atoms with Gasteiger partial charge in [0.15, 0.2) is 0 Å². The summed E-state index contributed by atoms with van der Waals surface area (Å²) >= 11 is 0. The molecule has 2 aromatic carbocycles. The van der Waals surface area contributed by atoms with Crippen LogP contribution in [0.5, 0.6) is 5.75 Å². The Hall–Kier alpha value is -3.07. The van der Waals surface area contributed by atoms with E-state index in [2.05, 4.69) is 5.32 Å². The number of halogens is 4. The first-order chi connectivity index (χ1) is 16.2. The minimum atomic E-state index is -4.38. The highest BCUT2D eigenvalue weighted by atomic mass is 19.4. The van der Waals surface area contributed by atoms with Crippen molar-refractivity contribution in [3.63, 3.8) is 0 Å². The van der Waals surface area contributed by atoms with Crippen molar-refractivity contribution in [2.75, 3.05) is 13.2 Å². The van der Waals surface area contributed by atoms with E-state index < -0.39 is 23.8 Å². The van der Waals surface area contributed by atoms with Gasteiger partial charge in [-0.2, -0.15) is 13.2 Å². The van der Waals surface area contributed by atoms with Crippen molar-refractivity contribution in [1.82, 2.24) is 9.88 Å². The molecule has 2 atom stereocenters. The SMILES string of the molecule is CCC(C(=O)O)n1c2c(c3cc(F)ccc31)CC(NCCOc1ccc(C(F)(F)F)cc1)CC2. The van der Waals surface area contributed by atoms with E-state index in [1.807, 2.05) is 11.5 Å². The van der Waals surface area contributed by atoms with E-state index in [0.717, 1.165) is 40.7 Å². The van der Waals surface area contributed by atoms with Crippen molar-refractivity contribution >= 4 is 16.9 Å². The van der Waals surface area contributed by atoms with E-state index in [-0.39, 0.29) is 18.5 Å². The Labute approximate surface area is 194 Å². The number of fused-ring (bicyclic) bond motifs is 3. The van der Waals surface area contributed by atoms with Crippen molar-refractivity contribution in [1.29, 1.82) is 0 Å². The number of carboxylic acids is 1. The molecule has 4 rings (SSSR count). The van der Waals surface area contributed by atoms with E-state index in [1.165, 1.54) is 24.3 Å². The maximum Gasteiger partial charge on any atom is 0.416 e. The molecule has 0 saturated heterocycles. The van der Waals surface area contributed by atoms with E-state index >= 15 is 0 Å². The molecule has 0 fully saturated rings. The summed E-state index contributed by atoms with van der Waals surface area (Å²) in [5.74, 6) is -0.915. The lowest BCUT2D eigenvalue weighted by Gasteiger charge is -2.26. The fourth-order valence-corrected chi connectivity index (χ4v) is 4.73. The van der Waals surface area contributed by atoms with E-state index in [1.54, 1.807) is 6.07 Å². The van der Waals surface area contributed by atoms with Gasteiger partial charge < -0.3 is 19.7 Å². The molecular formula is C25H26F4N2O3. The van der Waals surface area contributed by atoms with E-state index in [0.29, 0.717) is 31.6 Å². The van der Waals surface area contributed by atoms with Crippen LogP contribution >= 0.6 is 0 Å². The molecule has 2 N–H and O–H groups in total. The molecule has 0 aliphatic heterocycles. The molecule has 34 heavy (non-hydrogen) atoms. The van der Waals surface area contributed by atoms with Gasteiger partial charge >= 0.3 is 12.1 Å². The zero-order chi connectivity index (χ0) is 24.5. The third-order valence-electron chi connectivity index (χ3n) is 6.33. The number of nitrogens with one attached hydrogen (secondary N) is 1. The second-order valence-electron chi connectivity index (χ2n) is 8.48. The molecule has 0 radical (unpaired) electrons. The molecule has 182 valence electrons. The number of rotatable bonds is 8. The minimum Gasteiger partial charge on any atom is -0.492 e. The predicted octanol–water partition coefficient (Wildman–Crippen LogP) is 5.36. The van der Waals surface area contributed by atoms with Gasteiger partial charge in [0.05, 0.1) is 5.56 Å². The van der Waals surface area contributed by atoms with Crippen LogP contribution in [0, 0.1) is 5.82 Å². The summed E-state index contributed by atoms with van der Waals surface area (Å²) < 4.78 is 59.4. The highest BCUT2D eigenvalue weighted by Crippen LogP contribution is 2.36. The largest absolute Gasteiger partial charge is 0.492 e. The molecule has 1 aliphatic carbocycles. The lowest BCUT2D eigenvalue weighted by atomic mass is 9.91. The molecule has 0 saturated carbocycles. The molecule has 0 bridgehead atoms. The van der Waals surface area contributed by atoms with Crippen molar-refractivity contribution in [3.05, 3.63) is 65.1 Å². The number of hydrogen-bond acceptors (Lipinski definition) is 3. The highest BCUT2D eigenvalue weighted by Gasteiger charge is 2.31. The van der Waals surface area contributed by atoms with Crippen molar-refractivity contribution < 1.29 is 32.2 Å². The molecule has 1 heterocycles. The van der Waals surface area contributed by atoms with Gasteiger partial charge in [-0.3, -0.25) is 0 Å². The van der Waals surface area contributed by atoms with Crippen LogP contribution in [0.2, 0.25) is 0 Å². The van der Waals surface area contributed by atoms with Gasteiger partial charge in [-0.1, -0.05) is 6.92 Å². The standard InChI is InChI=1S/C25H26F4N2O3/c1-2-21(24(32)33)31-22-9-5-16(26)13-19(22)20-14-17(6-10-23(20)31)30-11-12-34-18-7-3-15(4-8-18)25(27,28)29/h3-5,7-9,13,17,21,30H,2,6,10-12,14H2,1H3,(H,32,33). The Balaban J connectivity index is 1.43. The van der Waals surface area contributed by atoms with Crippen molar-refractivity contribution in [3.8, 4) is 5.75 Å². The third-order valence-corrected chi connectivity index (χ3v) is 6.33. The highest BCUT2D eigenvalue weighted by molar-refractivity contribution is 5.88. The first-order valence-corrected chi connectivity index (χ1v) is 11.3. The van der Waals surface area contributed by atoms with Gasteiger partial charge in [0, 0.05) is 29.2 Å². The summed E-state index contributed by atoms with van der Waals surface area (Å²) in [5, 5.41) is 13.9. The monoisotopic (exact) mass is 478 g/mol. The van der Waals surface area contributed by atoms with Gasteiger partial charge in [-0.15, -0.1) is 0 Å². The Morgan fingerprint density at radius 1 is 1.24 bits per heavy atom. The van der Waals surface area contributed by atoms with Crippen molar-refractivity contribution in [2.24, 2.45) is 0 Å². The smallest absolute Gasteiger partial charge is 0.416 e. The summed E-state index contributed by atoms with van der Waals surface area (Å²) in [6, 6.07) is 8.42. The summed E-state index contributed by atoms with van der Waals surface area (Å²) in [4.78, 5) is 11.9. The Morgan fingerprint density at radius 2 is 1.97 bits per heavy atom. The predicted molar refractivity (Wildman–Crippen MR) is 120 cm³/mol. The minimum absolute atomic E-state index is 0.0935. The number of carboxylic acid groups (broad SMARTS) is 1. The summed E-state index contributed by atoms with van der Waals surface area (Å²) in [5.41, 5.74) is 1.90. The van der Waals surface area contributed by atoms with Crippen LogP contribution in [-0.2, 0) is 23.8 Å². The Morgan fingerprint density at radius 3 is 2.62 bits per heavy atom. The quantitative estimate of drug-likeness (QED) is 0.338. The first kappa shape index (κ1) is 24.1. The summed E-state index contributed by atoms with van der Waals surface area (Å²) in [6.45, 7) is 2.59. The molecule has 3 aromatic rings. The van der Waals surface area contributed by atoms with Gasteiger partial charge in [0.2, 0.25) is 0 Å². The van der Waals surface area contributed by atoms with Crippen LogP contribution in [0.3, 0.4) is 0 Å². The molecule has 1 aromatic heterocycles. The first-order valence-electron chi connectivity index (χ1n) is 11.3. The van der Waals surface area contributed by atoms with Crippen LogP contribution in [0.4, 0.5) is 17.6 Å². The maximum absolute atomic E-state index is 14.0. The molecule has 1 aliphatic rings. The number of aromatic nitrogens is 1. The number of hydrogen-bond donors (Lipinski definition) is 2. The van der Waals surface area contributed by atoms with Crippen LogP contribution in [0.25, 0.3) is 10.9 Å². The fourth-order valence-electron chi connectivity index (χ4n) is 4.73. The van der Waals surface area contributed by atoms with Crippen LogP contribution < -0.4 is 10.1 Å². The van der Waals surface area contributed by atoms with Gasteiger partial charge in [-0.05, 0) is 73.7 Å². The second kappa shape index (κ2) is 9.66. The normalized spacial score (nSPS) is 16.9. The number of alkyl halides is 3. The average Bonchev–Trinajstić information content (AvgIpc) is 3.10. The summed E-state index contributed by atoms with van der Waals surface area (Å²) in [6.07, 6.45) is -1.90. The van der Waals surface area contributed by atoms with Gasteiger partial charge in [0.1, 0.15) is 24.2 Å². The Bertz CT molecular complexity index is 1170. The number of carbonyl (C=O) groups is 1. The van der Waals surface area contributed by atoms with Crippen LogP contribution in [0.15, 0.2) is 42.5 Å². The molecule has 5 nitrogen and oxygen atoms in total. The number of benzene rings is 2. The number of ether oxygens (including phenoxy) is 1. The topological polar surface area (TPSA) is 63.5 Å². The fraction of sp³-hybridized carbons (Fsp3) is 0.400. The molecular weight excluding hydrogens is 452 g/mol. The number of nitrogens with zero attached hydrogens (tertiary/aromatic N) is 1. The number of aliphatic carboxylic acids is 1. The molecule has 9 heteroatoms. The molecule has 2 unspecified atom stereocenters. The molecule has 0 spiro atoms. The zero-order valence-corrected chi connectivity index (χ0v) is 18.7. The average molecular weight is 478 g/mol. The van der Waals surface area contributed by atoms with E-state index in [4.69, 9.17) is 4.74 Å². The zero-order valence-electron chi connectivity index (χ0n) is 18.7. The third kappa shape index (κ3) is 4.89. The maximum atomic E-state index is 14.0. The van der Waals surface area contributed by atoms with Crippen LogP contribution in [0.1, 0.15) is 42.6 Å². The van der Waals surface area contributed by atoms with Gasteiger partial charge in [0.25, 0.3) is 0 Å². The summed E-state index contributed by atoms with van der Waals surface area (Å²) in [7, 11) is 0.